The number of methoxy groups -OCH3 is 1. The summed E-state index contributed by atoms with van der Waals surface area (Å²) in [6.07, 6.45) is 6.59. The quantitative estimate of drug-likeness (QED) is 0.380. The van der Waals surface area contributed by atoms with Crippen LogP contribution in [0.1, 0.15) is 80.1 Å². The van der Waals surface area contributed by atoms with E-state index in [4.69, 9.17) is 14.2 Å². The van der Waals surface area contributed by atoms with Gasteiger partial charge in [0.05, 0.1) is 11.2 Å². The maximum atomic E-state index is 6.27. The monoisotopic (exact) mass is 343 g/mol. The summed E-state index contributed by atoms with van der Waals surface area (Å²) in [7, 11) is 1.76. The van der Waals surface area contributed by atoms with Crippen LogP contribution in [0.2, 0.25) is 0 Å². The molecule has 0 aliphatic rings. The Morgan fingerprint density at radius 1 is 0.875 bits per heavy atom. The minimum Gasteiger partial charge on any atom is -0.385 e. The van der Waals surface area contributed by atoms with E-state index in [1.54, 1.807) is 7.11 Å². The third kappa shape index (κ3) is 12.3. The number of rotatable bonds is 14. The number of ether oxygens (including phenoxy) is 3. The molecule has 0 aliphatic heterocycles. The van der Waals surface area contributed by atoms with E-state index in [1.165, 1.54) is 6.42 Å². The lowest BCUT2D eigenvalue weighted by atomic mass is 9.82. The molecule has 2 atom stereocenters. The third-order valence-electron chi connectivity index (χ3n) is 4.37. The molecule has 0 saturated carbocycles. The van der Waals surface area contributed by atoms with Crippen LogP contribution in [-0.4, -0.2) is 38.1 Å². The van der Waals surface area contributed by atoms with Crippen LogP contribution in [0.25, 0.3) is 0 Å². The Morgan fingerprint density at radius 2 is 1.50 bits per heavy atom. The average molecular weight is 344 g/mol. The molecule has 2 unspecified atom stereocenters. The van der Waals surface area contributed by atoms with Crippen LogP contribution < -0.4 is 0 Å². The van der Waals surface area contributed by atoms with Crippen molar-refractivity contribution in [2.45, 2.75) is 91.3 Å². The molecule has 0 spiro atoms. The lowest BCUT2D eigenvalue weighted by molar-refractivity contribution is -0.0707. The van der Waals surface area contributed by atoms with Crippen molar-refractivity contribution in [2.75, 3.05) is 26.9 Å². The first-order valence-corrected chi connectivity index (χ1v) is 9.73. The van der Waals surface area contributed by atoms with Gasteiger partial charge in [-0.2, -0.15) is 0 Å². The molecule has 24 heavy (non-hydrogen) atoms. The van der Waals surface area contributed by atoms with E-state index in [-0.39, 0.29) is 11.2 Å². The second-order valence-electron chi connectivity index (χ2n) is 8.58. The first-order chi connectivity index (χ1) is 11.1. The van der Waals surface area contributed by atoms with E-state index in [0.717, 1.165) is 51.9 Å². The summed E-state index contributed by atoms with van der Waals surface area (Å²) in [6.45, 7) is 19.9. The summed E-state index contributed by atoms with van der Waals surface area (Å²) in [6, 6.07) is 0. The Hall–Kier alpha value is -0.120. The Kier molecular flexibility index (Phi) is 12.2. The number of unbranched alkanes of at least 4 members (excludes halogenated alkanes) is 2. The van der Waals surface area contributed by atoms with Crippen LogP contribution >= 0.6 is 0 Å². The van der Waals surface area contributed by atoms with Gasteiger partial charge in [0.2, 0.25) is 0 Å². The first kappa shape index (κ1) is 23.9. The van der Waals surface area contributed by atoms with E-state index in [2.05, 4.69) is 48.5 Å². The molecule has 0 aromatic rings. The molecule has 0 N–H and O–H groups in total. The predicted octanol–water partition coefficient (Wildman–Crippen LogP) is 5.67. The van der Waals surface area contributed by atoms with Crippen LogP contribution in [0, 0.1) is 18.8 Å². The van der Waals surface area contributed by atoms with Crippen molar-refractivity contribution in [2.24, 2.45) is 11.8 Å². The predicted molar refractivity (Wildman–Crippen MR) is 103 cm³/mol. The van der Waals surface area contributed by atoms with Crippen LogP contribution in [0.3, 0.4) is 0 Å². The zero-order chi connectivity index (χ0) is 18.6. The lowest BCUT2D eigenvalue weighted by Crippen LogP contribution is -2.38. The second kappa shape index (κ2) is 12.3. The summed E-state index contributed by atoms with van der Waals surface area (Å²) in [4.78, 5) is 0. The standard InChI is InChI=1S/C21H43O3/c1-18(2)17-24-21(7,19(3)13-9-11-15-22-8)14-10-12-16-23-20(4,5)6/h18-19H,7,9-17H2,1-6,8H3. The van der Waals surface area contributed by atoms with Gasteiger partial charge in [0.25, 0.3) is 0 Å². The summed E-state index contributed by atoms with van der Waals surface area (Å²) < 4.78 is 17.2. The highest BCUT2D eigenvalue weighted by Crippen LogP contribution is 2.31. The fourth-order valence-corrected chi connectivity index (χ4v) is 2.66. The van der Waals surface area contributed by atoms with Gasteiger partial charge in [0, 0.05) is 26.9 Å². The Morgan fingerprint density at radius 3 is 2.04 bits per heavy atom. The van der Waals surface area contributed by atoms with Crippen LogP contribution in [0.5, 0.6) is 0 Å². The van der Waals surface area contributed by atoms with Gasteiger partial charge >= 0.3 is 0 Å². The summed E-state index contributed by atoms with van der Waals surface area (Å²) in [5, 5.41) is 0. The van der Waals surface area contributed by atoms with E-state index < -0.39 is 0 Å². The van der Waals surface area contributed by atoms with Crippen LogP contribution in [0.15, 0.2) is 0 Å². The Bertz CT molecular complexity index is 296. The first-order valence-electron chi connectivity index (χ1n) is 9.73. The molecule has 145 valence electrons. The highest BCUT2D eigenvalue weighted by atomic mass is 16.5. The SMILES string of the molecule is [CH2]C(CCCCOC(C)(C)C)(OCC(C)C)C(C)CCCCOC. The lowest BCUT2D eigenvalue weighted by Gasteiger charge is -2.37. The maximum Gasteiger partial charge on any atom is 0.0709 e. The van der Waals surface area contributed by atoms with Gasteiger partial charge < -0.3 is 14.2 Å². The zero-order valence-electron chi connectivity index (χ0n) is 17.5. The van der Waals surface area contributed by atoms with Gasteiger partial charge in [-0.3, -0.25) is 0 Å². The Balaban J connectivity index is 4.36. The van der Waals surface area contributed by atoms with Crippen LogP contribution in [-0.2, 0) is 14.2 Å². The molecule has 0 saturated heterocycles. The zero-order valence-corrected chi connectivity index (χ0v) is 17.5. The molecule has 0 fully saturated rings. The van der Waals surface area contributed by atoms with Crippen molar-refractivity contribution in [1.29, 1.82) is 0 Å². The Labute approximate surface area is 151 Å². The van der Waals surface area contributed by atoms with Gasteiger partial charge in [-0.05, 0) is 71.6 Å². The van der Waals surface area contributed by atoms with Gasteiger partial charge in [0.15, 0.2) is 0 Å². The molecular weight excluding hydrogens is 300 g/mol. The molecule has 1 radical (unpaired) electrons. The van der Waals surface area contributed by atoms with E-state index in [0.29, 0.717) is 11.8 Å². The summed E-state index contributed by atoms with van der Waals surface area (Å²) >= 11 is 0. The smallest absolute Gasteiger partial charge is 0.0709 e. The molecule has 0 aromatic heterocycles. The van der Waals surface area contributed by atoms with Crippen molar-refractivity contribution in [3.8, 4) is 0 Å². The van der Waals surface area contributed by atoms with E-state index >= 15 is 0 Å². The molecule has 0 heterocycles. The number of hydrogen-bond acceptors (Lipinski definition) is 3. The van der Waals surface area contributed by atoms with Crippen molar-refractivity contribution in [3.63, 3.8) is 0 Å². The molecule has 0 aromatic carbocycles. The van der Waals surface area contributed by atoms with E-state index in [9.17, 15) is 0 Å². The second-order valence-corrected chi connectivity index (χ2v) is 8.58. The minimum atomic E-state index is -0.279. The van der Waals surface area contributed by atoms with Gasteiger partial charge in [-0.1, -0.05) is 27.2 Å². The topological polar surface area (TPSA) is 27.7 Å². The molecule has 3 nitrogen and oxygen atoms in total. The normalized spacial score (nSPS) is 16.4. The third-order valence-corrected chi connectivity index (χ3v) is 4.37. The van der Waals surface area contributed by atoms with Gasteiger partial charge in [-0.25, -0.2) is 0 Å². The van der Waals surface area contributed by atoms with Crippen molar-refractivity contribution >= 4 is 0 Å². The summed E-state index contributed by atoms with van der Waals surface area (Å²) in [5.41, 5.74) is -0.330. The highest BCUT2D eigenvalue weighted by Gasteiger charge is 2.31. The largest absolute Gasteiger partial charge is 0.385 e. The molecule has 0 rings (SSSR count). The number of hydrogen-bond donors (Lipinski definition) is 0. The minimum absolute atomic E-state index is 0.0513. The van der Waals surface area contributed by atoms with Gasteiger partial charge in [0.1, 0.15) is 0 Å². The molecule has 0 amide bonds. The average Bonchev–Trinajstić information content (AvgIpc) is 2.47. The van der Waals surface area contributed by atoms with Crippen molar-refractivity contribution < 1.29 is 14.2 Å². The fraction of sp³-hybridized carbons (Fsp3) is 0.952. The van der Waals surface area contributed by atoms with Crippen LogP contribution in [0.4, 0.5) is 0 Å². The maximum absolute atomic E-state index is 6.27. The van der Waals surface area contributed by atoms with E-state index in [1.807, 2.05) is 0 Å². The molecular formula is C21H43O3. The molecule has 0 bridgehead atoms. The molecule has 0 aliphatic carbocycles. The highest BCUT2D eigenvalue weighted by molar-refractivity contribution is 4.89. The summed E-state index contributed by atoms with van der Waals surface area (Å²) in [5.74, 6) is 0.993. The van der Waals surface area contributed by atoms with Crippen molar-refractivity contribution in [1.82, 2.24) is 0 Å². The van der Waals surface area contributed by atoms with Gasteiger partial charge in [-0.15, -0.1) is 0 Å². The fourth-order valence-electron chi connectivity index (χ4n) is 2.66. The van der Waals surface area contributed by atoms with Crippen molar-refractivity contribution in [3.05, 3.63) is 6.92 Å². The molecule has 3 heteroatoms.